The second kappa shape index (κ2) is 8.48. The first kappa shape index (κ1) is 20.2. The molecular weight excluding hydrogens is 304 g/mol. The van der Waals surface area contributed by atoms with Gasteiger partial charge in [0.05, 0.1) is 31.5 Å². The summed E-state index contributed by atoms with van der Waals surface area (Å²) in [7, 11) is 1.73. The largest absolute Gasteiger partial charge is 0.382 e. The topological polar surface area (TPSA) is 36.9 Å². The molecule has 2 saturated heterocycles. The molecule has 0 amide bonds. The molecule has 0 saturated carbocycles. The Bertz CT molecular complexity index is 388. The average molecular weight is 343 g/mol. The summed E-state index contributed by atoms with van der Waals surface area (Å²) in [4.78, 5) is 0. The maximum atomic E-state index is 6.23. The molecule has 0 bridgehead atoms. The van der Waals surface area contributed by atoms with E-state index in [0.29, 0.717) is 48.7 Å². The molecule has 0 spiro atoms. The minimum absolute atomic E-state index is 0.105. The van der Waals surface area contributed by atoms with Crippen LogP contribution in [0.15, 0.2) is 0 Å². The summed E-state index contributed by atoms with van der Waals surface area (Å²) >= 11 is 0. The first-order valence-corrected chi connectivity index (χ1v) is 9.69. The molecule has 2 aliphatic rings. The fraction of sp³-hybridized carbons (Fsp3) is 1.00. The van der Waals surface area contributed by atoms with Crippen molar-refractivity contribution in [3.63, 3.8) is 0 Å². The lowest BCUT2D eigenvalue weighted by Crippen LogP contribution is -2.50. The molecule has 0 aliphatic carbocycles. The Morgan fingerprint density at radius 2 is 1.17 bits per heavy atom. The highest BCUT2D eigenvalue weighted by molar-refractivity contribution is 4.86. The SMILES string of the molecule is COCC1O[C@@H](OCC2OC(C)[C@H](C)[C@@H](C)[C@@H]2C)[C@H](C)[C@@H](C)[C@@H]1C. The Morgan fingerprint density at radius 3 is 1.75 bits per heavy atom. The molecule has 0 radical (unpaired) electrons. The highest BCUT2D eigenvalue weighted by Gasteiger charge is 2.41. The van der Waals surface area contributed by atoms with Crippen LogP contribution in [0, 0.1) is 35.5 Å². The van der Waals surface area contributed by atoms with Crippen molar-refractivity contribution in [2.75, 3.05) is 20.3 Å². The lowest BCUT2D eigenvalue weighted by molar-refractivity contribution is -0.270. The van der Waals surface area contributed by atoms with Crippen molar-refractivity contribution in [2.45, 2.75) is 73.1 Å². The second-order valence-electron chi connectivity index (χ2n) is 8.37. The van der Waals surface area contributed by atoms with E-state index in [-0.39, 0.29) is 24.6 Å². The summed E-state index contributed by atoms with van der Waals surface area (Å²) in [5, 5.41) is 0. The molecule has 0 aromatic carbocycles. The van der Waals surface area contributed by atoms with Gasteiger partial charge in [-0.25, -0.2) is 0 Å². The first-order valence-electron chi connectivity index (χ1n) is 9.69. The first-order chi connectivity index (χ1) is 11.3. The molecule has 4 nitrogen and oxygen atoms in total. The van der Waals surface area contributed by atoms with Gasteiger partial charge in [-0.3, -0.25) is 0 Å². The van der Waals surface area contributed by atoms with Crippen molar-refractivity contribution in [3.8, 4) is 0 Å². The molecule has 0 aromatic heterocycles. The van der Waals surface area contributed by atoms with Crippen LogP contribution in [0.3, 0.4) is 0 Å². The smallest absolute Gasteiger partial charge is 0.160 e. The summed E-state index contributed by atoms with van der Waals surface area (Å²) < 4.78 is 24.0. The zero-order valence-electron chi connectivity index (χ0n) is 16.8. The van der Waals surface area contributed by atoms with Gasteiger partial charge in [-0.1, -0.05) is 41.5 Å². The van der Waals surface area contributed by atoms with E-state index in [1.54, 1.807) is 7.11 Å². The standard InChI is InChI=1S/C20H38O4/c1-11-13(3)17(7)23-19(14(11)4)10-22-20-16(6)12(2)15(5)18(24-20)9-21-8/h11-20H,9-10H2,1-8H3/t11-,12+,13-,14+,15+,16-,17?,18?,19?,20-/m1/s1. The minimum Gasteiger partial charge on any atom is -0.382 e. The van der Waals surface area contributed by atoms with Crippen molar-refractivity contribution in [1.29, 1.82) is 0 Å². The molecule has 10 atom stereocenters. The van der Waals surface area contributed by atoms with E-state index in [4.69, 9.17) is 18.9 Å². The van der Waals surface area contributed by atoms with Gasteiger partial charge in [-0.05, 0) is 36.5 Å². The van der Waals surface area contributed by atoms with Crippen LogP contribution in [0.25, 0.3) is 0 Å². The van der Waals surface area contributed by atoms with Gasteiger partial charge in [0.1, 0.15) is 0 Å². The van der Waals surface area contributed by atoms with Crippen molar-refractivity contribution in [3.05, 3.63) is 0 Å². The summed E-state index contributed by atoms with van der Waals surface area (Å²) in [6.07, 6.45) is 0.373. The van der Waals surface area contributed by atoms with E-state index >= 15 is 0 Å². The van der Waals surface area contributed by atoms with Gasteiger partial charge in [0.25, 0.3) is 0 Å². The number of ether oxygens (including phenoxy) is 4. The van der Waals surface area contributed by atoms with Gasteiger partial charge in [0.15, 0.2) is 6.29 Å². The molecule has 142 valence electrons. The predicted molar refractivity (Wildman–Crippen MR) is 95.8 cm³/mol. The van der Waals surface area contributed by atoms with Crippen molar-refractivity contribution < 1.29 is 18.9 Å². The molecule has 2 fully saturated rings. The van der Waals surface area contributed by atoms with Crippen LogP contribution in [0.1, 0.15) is 48.5 Å². The van der Waals surface area contributed by atoms with E-state index in [1.807, 2.05) is 0 Å². The lowest BCUT2D eigenvalue weighted by atomic mass is 9.77. The summed E-state index contributed by atoms with van der Waals surface area (Å²) in [5.41, 5.74) is 0. The Labute approximate surface area is 148 Å². The average Bonchev–Trinajstić information content (AvgIpc) is 2.56. The van der Waals surface area contributed by atoms with Crippen LogP contribution in [0.5, 0.6) is 0 Å². The third-order valence-electron chi connectivity index (χ3n) is 7.11. The van der Waals surface area contributed by atoms with Gasteiger partial charge in [-0.15, -0.1) is 0 Å². The summed E-state index contributed by atoms with van der Waals surface area (Å²) in [5.74, 6) is 3.14. The van der Waals surface area contributed by atoms with Crippen LogP contribution >= 0.6 is 0 Å². The Kier molecular flexibility index (Phi) is 7.12. The Hall–Kier alpha value is -0.160. The Morgan fingerprint density at radius 1 is 0.625 bits per heavy atom. The van der Waals surface area contributed by atoms with E-state index < -0.39 is 0 Å². The third-order valence-corrected chi connectivity index (χ3v) is 7.11. The van der Waals surface area contributed by atoms with Gasteiger partial charge < -0.3 is 18.9 Å². The van der Waals surface area contributed by atoms with Crippen molar-refractivity contribution in [1.82, 2.24) is 0 Å². The fourth-order valence-corrected chi connectivity index (χ4v) is 4.18. The fourth-order valence-electron chi connectivity index (χ4n) is 4.18. The molecule has 24 heavy (non-hydrogen) atoms. The maximum absolute atomic E-state index is 6.23. The molecule has 0 N–H and O–H groups in total. The van der Waals surface area contributed by atoms with Crippen LogP contribution in [0.2, 0.25) is 0 Å². The quantitative estimate of drug-likeness (QED) is 0.757. The predicted octanol–water partition coefficient (Wildman–Crippen LogP) is 3.98. The third kappa shape index (κ3) is 4.14. The highest BCUT2D eigenvalue weighted by Crippen LogP contribution is 2.38. The lowest BCUT2D eigenvalue weighted by Gasteiger charge is -2.45. The van der Waals surface area contributed by atoms with Crippen molar-refractivity contribution in [2.24, 2.45) is 35.5 Å². The minimum atomic E-state index is -0.169. The second-order valence-corrected chi connectivity index (χ2v) is 8.37. The van der Waals surface area contributed by atoms with Gasteiger partial charge >= 0.3 is 0 Å². The zero-order chi connectivity index (χ0) is 18.0. The maximum Gasteiger partial charge on any atom is 0.160 e. The molecule has 2 heterocycles. The van der Waals surface area contributed by atoms with Gasteiger partial charge in [-0.2, -0.15) is 0 Å². The molecule has 0 aromatic rings. The monoisotopic (exact) mass is 342 g/mol. The molecular formula is C20H38O4. The van der Waals surface area contributed by atoms with E-state index in [9.17, 15) is 0 Å². The molecule has 3 unspecified atom stereocenters. The summed E-state index contributed by atoms with van der Waals surface area (Å²) in [6.45, 7) is 17.1. The van der Waals surface area contributed by atoms with Gasteiger partial charge in [0.2, 0.25) is 0 Å². The Balaban J connectivity index is 1.94. The summed E-state index contributed by atoms with van der Waals surface area (Å²) in [6, 6.07) is 0. The van der Waals surface area contributed by atoms with E-state index in [1.165, 1.54) is 0 Å². The zero-order valence-corrected chi connectivity index (χ0v) is 16.8. The van der Waals surface area contributed by atoms with Gasteiger partial charge in [0, 0.05) is 13.0 Å². The van der Waals surface area contributed by atoms with Crippen LogP contribution < -0.4 is 0 Å². The van der Waals surface area contributed by atoms with Crippen LogP contribution in [-0.4, -0.2) is 44.9 Å². The molecule has 2 aliphatic heterocycles. The van der Waals surface area contributed by atoms with E-state index in [2.05, 4.69) is 48.5 Å². The number of rotatable bonds is 5. The molecule has 4 heteroatoms. The molecule has 2 rings (SSSR count). The number of hydrogen-bond donors (Lipinski definition) is 0. The van der Waals surface area contributed by atoms with Crippen molar-refractivity contribution >= 4 is 0 Å². The highest BCUT2D eigenvalue weighted by atomic mass is 16.7. The normalized spacial score (nSPS) is 50.0. The number of hydrogen-bond acceptors (Lipinski definition) is 4. The van der Waals surface area contributed by atoms with Crippen LogP contribution in [0.4, 0.5) is 0 Å². The van der Waals surface area contributed by atoms with E-state index in [0.717, 1.165) is 0 Å². The number of methoxy groups -OCH3 is 1. The van der Waals surface area contributed by atoms with Crippen LogP contribution in [-0.2, 0) is 18.9 Å².